The highest BCUT2D eigenvalue weighted by Crippen LogP contribution is 2.41. The van der Waals surface area contributed by atoms with Gasteiger partial charge in [0.15, 0.2) is 0 Å². The second kappa shape index (κ2) is 5.79. The summed E-state index contributed by atoms with van der Waals surface area (Å²) < 4.78 is 0. The molecule has 0 saturated carbocycles. The highest BCUT2D eigenvalue weighted by Gasteiger charge is 2.34. The van der Waals surface area contributed by atoms with Crippen LogP contribution in [-0.4, -0.2) is 28.5 Å². The van der Waals surface area contributed by atoms with Crippen molar-refractivity contribution in [3.05, 3.63) is 45.8 Å². The second-order valence-corrected chi connectivity index (χ2v) is 7.74. The van der Waals surface area contributed by atoms with Crippen molar-refractivity contribution >= 4 is 22.2 Å². The maximum Gasteiger partial charge on any atom is 0.256 e. The highest BCUT2D eigenvalue weighted by molar-refractivity contribution is 7.16. The zero-order valence-electron chi connectivity index (χ0n) is 13.8. The summed E-state index contributed by atoms with van der Waals surface area (Å²) in [5, 5.41) is 17.4. The molecule has 0 aliphatic carbocycles. The average Bonchev–Trinajstić information content (AvgIpc) is 2.92. The number of thiophene rings is 1. The predicted octanol–water partition coefficient (Wildman–Crippen LogP) is 3.07. The van der Waals surface area contributed by atoms with Crippen LogP contribution in [0.25, 0.3) is 0 Å². The van der Waals surface area contributed by atoms with Crippen LogP contribution in [0.2, 0.25) is 0 Å². The van der Waals surface area contributed by atoms with Gasteiger partial charge in [-0.05, 0) is 31.9 Å². The van der Waals surface area contributed by atoms with Gasteiger partial charge in [0, 0.05) is 29.6 Å². The fourth-order valence-electron chi connectivity index (χ4n) is 3.46. The highest BCUT2D eigenvalue weighted by atomic mass is 32.1. The summed E-state index contributed by atoms with van der Waals surface area (Å²) >= 11 is 1.67. The van der Waals surface area contributed by atoms with Crippen LogP contribution in [0, 0.1) is 0 Å². The quantitative estimate of drug-likeness (QED) is 0.784. The average molecular weight is 343 g/mol. The molecule has 5 nitrogen and oxygen atoms in total. The molecule has 1 unspecified atom stereocenters. The van der Waals surface area contributed by atoms with E-state index in [1.165, 1.54) is 10.4 Å². The Kier molecular flexibility index (Phi) is 3.73. The van der Waals surface area contributed by atoms with E-state index in [-0.39, 0.29) is 11.7 Å². The van der Waals surface area contributed by atoms with Gasteiger partial charge in [0.25, 0.3) is 5.91 Å². The van der Waals surface area contributed by atoms with Crippen LogP contribution in [0.15, 0.2) is 24.3 Å². The molecule has 2 aromatic rings. The Morgan fingerprint density at radius 3 is 2.83 bits per heavy atom. The summed E-state index contributed by atoms with van der Waals surface area (Å²) in [6.45, 7) is 6.31. The van der Waals surface area contributed by atoms with E-state index in [0.29, 0.717) is 11.6 Å². The van der Waals surface area contributed by atoms with Crippen LogP contribution in [0.4, 0.5) is 5.00 Å². The van der Waals surface area contributed by atoms with Crippen molar-refractivity contribution < 1.29 is 9.90 Å². The third kappa shape index (κ3) is 2.46. The largest absolute Gasteiger partial charge is 0.508 e. The van der Waals surface area contributed by atoms with E-state index >= 15 is 0 Å². The van der Waals surface area contributed by atoms with Crippen LogP contribution in [0.1, 0.15) is 46.4 Å². The van der Waals surface area contributed by atoms with E-state index in [1.807, 2.05) is 12.1 Å². The molecule has 3 heterocycles. The SMILES string of the molecule is CC(C)N1CCc2c(sc3c2C(=O)NC(c2ccccc2O)N3)C1. The first-order valence-corrected chi connectivity index (χ1v) is 9.10. The summed E-state index contributed by atoms with van der Waals surface area (Å²) in [7, 11) is 0. The minimum atomic E-state index is -0.396. The molecule has 2 aliphatic heterocycles. The van der Waals surface area contributed by atoms with Crippen LogP contribution < -0.4 is 10.6 Å². The summed E-state index contributed by atoms with van der Waals surface area (Å²) in [5.74, 6) is 0.138. The fourth-order valence-corrected chi connectivity index (χ4v) is 4.76. The van der Waals surface area contributed by atoms with Gasteiger partial charge in [-0.3, -0.25) is 9.69 Å². The number of aromatic hydroxyl groups is 1. The van der Waals surface area contributed by atoms with Crippen molar-refractivity contribution in [2.45, 2.75) is 39.0 Å². The number of hydrogen-bond donors (Lipinski definition) is 3. The van der Waals surface area contributed by atoms with Gasteiger partial charge < -0.3 is 15.7 Å². The first-order chi connectivity index (χ1) is 11.5. The van der Waals surface area contributed by atoms with Crippen molar-refractivity contribution in [3.63, 3.8) is 0 Å². The molecule has 1 atom stereocenters. The number of fused-ring (bicyclic) bond motifs is 3. The number of hydrogen-bond acceptors (Lipinski definition) is 5. The molecule has 126 valence electrons. The molecule has 0 spiro atoms. The molecule has 3 N–H and O–H groups in total. The summed E-state index contributed by atoms with van der Waals surface area (Å²) in [6, 6.07) is 7.61. The lowest BCUT2D eigenvalue weighted by Gasteiger charge is -2.31. The number of nitrogens with zero attached hydrogens (tertiary/aromatic N) is 1. The minimum absolute atomic E-state index is 0.0486. The number of phenols is 1. The molecule has 1 amide bonds. The maximum absolute atomic E-state index is 12.7. The number of carbonyl (C=O) groups excluding carboxylic acids is 1. The van der Waals surface area contributed by atoms with Crippen molar-refractivity contribution in [1.29, 1.82) is 0 Å². The standard InChI is InChI=1S/C18H21N3O2S/c1-10(2)21-8-7-12-14(9-21)24-18-15(12)17(23)19-16(20-18)11-5-3-4-6-13(11)22/h3-6,10,16,20,22H,7-9H2,1-2H3,(H,19,23). The van der Waals surface area contributed by atoms with Gasteiger partial charge in [0.05, 0.1) is 5.56 Å². The third-order valence-corrected chi connectivity index (χ3v) is 5.99. The Morgan fingerprint density at radius 2 is 2.08 bits per heavy atom. The summed E-state index contributed by atoms with van der Waals surface area (Å²) in [6.07, 6.45) is 0.517. The molecule has 1 aromatic heterocycles. The molecule has 0 radical (unpaired) electrons. The smallest absolute Gasteiger partial charge is 0.256 e. The second-order valence-electron chi connectivity index (χ2n) is 6.63. The number of anilines is 1. The molecular weight excluding hydrogens is 322 g/mol. The number of rotatable bonds is 2. The van der Waals surface area contributed by atoms with Crippen molar-refractivity contribution in [1.82, 2.24) is 10.2 Å². The lowest BCUT2D eigenvalue weighted by molar-refractivity contribution is 0.0934. The van der Waals surface area contributed by atoms with Crippen molar-refractivity contribution in [2.24, 2.45) is 0 Å². The van der Waals surface area contributed by atoms with E-state index < -0.39 is 6.17 Å². The van der Waals surface area contributed by atoms with Crippen LogP contribution in [0.3, 0.4) is 0 Å². The number of nitrogens with one attached hydrogen (secondary N) is 2. The molecule has 1 aromatic carbocycles. The lowest BCUT2D eigenvalue weighted by Crippen LogP contribution is -2.39. The van der Waals surface area contributed by atoms with Crippen molar-refractivity contribution in [2.75, 3.05) is 11.9 Å². The molecule has 24 heavy (non-hydrogen) atoms. The first kappa shape index (κ1) is 15.5. The van der Waals surface area contributed by atoms with Gasteiger partial charge >= 0.3 is 0 Å². The van der Waals surface area contributed by atoms with E-state index in [0.717, 1.165) is 30.1 Å². The van der Waals surface area contributed by atoms with Gasteiger partial charge in [-0.2, -0.15) is 0 Å². The number of benzene rings is 1. The fraction of sp³-hybridized carbons (Fsp3) is 0.389. The van der Waals surface area contributed by atoms with Crippen LogP contribution in [-0.2, 0) is 13.0 Å². The van der Waals surface area contributed by atoms with Gasteiger partial charge in [0.1, 0.15) is 16.9 Å². The molecule has 0 fully saturated rings. The van der Waals surface area contributed by atoms with Gasteiger partial charge in [-0.15, -0.1) is 11.3 Å². The van der Waals surface area contributed by atoms with Gasteiger partial charge in [0.2, 0.25) is 0 Å². The zero-order chi connectivity index (χ0) is 16.8. The topological polar surface area (TPSA) is 64.6 Å². The Labute approximate surface area is 145 Å². The molecule has 2 aliphatic rings. The third-order valence-electron chi connectivity index (χ3n) is 4.84. The minimum Gasteiger partial charge on any atom is -0.508 e. The van der Waals surface area contributed by atoms with Gasteiger partial charge in [-0.1, -0.05) is 18.2 Å². The first-order valence-electron chi connectivity index (χ1n) is 8.28. The van der Waals surface area contributed by atoms with E-state index in [4.69, 9.17) is 0 Å². The normalized spacial score (nSPS) is 20.3. The molecular formula is C18H21N3O2S. The van der Waals surface area contributed by atoms with Crippen LogP contribution >= 0.6 is 11.3 Å². The van der Waals surface area contributed by atoms with Gasteiger partial charge in [-0.25, -0.2) is 0 Å². The van der Waals surface area contributed by atoms with E-state index in [2.05, 4.69) is 29.4 Å². The Morgan fingerprint density at radius 1 is 1.29 bits per heavy atom. The number of carbonyl (C=O) groups is 1. The zero-order valence-corrected chi connectivity index (χ0v) is 14.6. The monoisotopic (exact) mass is 343 g/mol. The Balaban J connectivity index is 1.68. The predicted molar refractivity (Wildman–Crippen MR) is 95.5 cm³/mol. The molecule has 6 heteroatoms. The Bertz CT molecular complexity index is 800. The molecule has 0 saturated heterocycles. The van der Waals surface area contributed by atoms with Crippen LogP contribution in [0.5, 0.6) is 5.75 Å². The number of phenolic OH excluding ortho intramolecular Hbond substituents is 1. The Hall–Kier alpha value is -2.05. The van der Waals surface area contributed by atoms with E-state index in [9.17, 15) is 9.90 Å². The molecule has 4 rings (SSSR count). The number of amides is 1. The van der Waals surface area contributed by atoms with E-state index in [1.54, 1.807) is 23.5 Å². The number of para-hydroxylation sites is 1. The lowest BCUT2D eigenvalue weighted by atomic mass is 9.99. The summed E-state index contributed by atoms with van der Waals surface area (Å²) in [5.41, 5.74) is 2.67. The van der Waals surface area contributed by atoms with Crippen molar-refractivity contribution in [3.8, 4) is 5.75 Å². The molecule has 0 bridgehead atoms. The maximum atomic E-state index is 12.7. The summed E-state index contributed by atoms with van der Waals surface area (Å²) in [4.78, 5) is 16.4.